The second-order valence-electron chi connectivity index (χ2n) is 4.91. The number of nitrogens with zero attached hydrogens (tertiary/aromatic N) is 1. The lowest BCUT2D eigenvalue weighted by Crippen LogP contribution is -1.97. The van der Waals surface area contributed by atoms with Crippen LogP contribution in [0.1, 0.15) is 34.1 Å². The summed E-state index contributed by atoms with van der Waals surface area (Å²) in [7, 11) is 0. The number of halogens is 1. The molecule has 0 saturated heterocycles. The average molecular weight is 258 g/mol. The Morgan fingerprint density at radius 2 is 1.83 bits per heavy atom. The molecule has 0 amide bonds. The number of alkyl halides is 1. The lowest BCUT2D eigenvalue weighted by atomic mass is 10.0. The maximum atomic E-state index is 6.52. The Bertz CT molecular complexity index is 536. The maximum absolute atomic E-state index is 6.52. The van der Waals surface area contributed by atoms with Gasteiger partial charge in [-0.15, -0.1) is 11.6 Å². The fourth-order valence-electron chi connectivity index (χ4n) is 2.63. The molecule has 1 heterocycles. The zero-order valence-corrected chi connectivity index (χ0v) is 11.0. The van der Waals surface area contributed by atoms with E-state index in [1.54, 1.807) is 0 Å². The van der Waals surface area contributed by atoms with Gasteiger partial charge >= 0.3 is 0 Å². The molecule has 1 unspecified atom stereocenters. The van der Waals surface area contributed by atoms with Crippen LogP contribution < -0.4 is 0 Å². The Hall–Kier alpha value is -1.34. The largest absolute Gasteiger partial charge is 0.265 e. The van der Waals surface area contributed by atoms with Gasteiger partial charge in [-0.2, -0.15) is 0 Å². The molecule has 0 N–H and O–H groups in total. The third kappa shape index (κ3) is 2.41. The fraction of sp³-hybridized carbons (Fsp3) is 0.312. The summed E-state index contributed by atoms with van der Waals surface area (Å²) < 4.78 is 0. The van der Waals surface area contributed by atoms with E-state index in [1.165, 1.54) is 41.5 Å². The zero-order valence-electron chi connectivity index (χ0n) is 10.3. The van der Waals surface area contributed by atoms with Crippen LogP contribution in [0.25, 0.3) is 0 Å². The van der Waals surface area contributed by atoms with E-state index in [4.69, 9.17) is 11.6 Å². The smallest absolute Gasteiger partial charge is 0.0625 e. The molecule has 1 aromatic carbocycles. The highest BCUT2D eigenvalue weighted by molar-refractivity contribution is 6.20. The van der Waals surface area contributed by atoms with Gasteiger partial charge in [0.25, 0.3) is 0 Å². The van der Waals surface area contributed by atoms with E-state index >= 15 is 0 Å². The van der Waals surface area contributed by atoms with Gasteiger partial charge in [0, 0.05) is 12.4 Å². The van der Waals surface area contributed by atoms with Crippen LogP contribution in [-0.4, -0.2) is 4.98 Å². The number of hydrogen-bond acceptors (Lipinski definition) is 1. The highest BCUT2D eigenvalue weighted by atomic mass is 35.5. The van der Waals surface area contributed by atoms with E-state index in [1.807, 2.05) is 24.5 Å². The molecule has 2 aromatic rings. The molecule has 1 aliphatic carbocycles. The molecule has 3 rings (SSSR count). The van der Waals surface area contributed by atoms with Gasteiger partial charge in [0.15, 0.2) is 0 Å². The summed E-state index contributed by atoms with van der Waals surface area (Å²) in [6, 6.07) is 10.8. The summed E-state index contributed by atoms with van der Waals surface area (Å²) >= 11 is 6.52. The number of pyridine rings is 1. The molecule has 0 bridgehead atoms. The van der Waals surface area contributed by atoms with Crippen LogP contribution in [0, 0.1) is 0 Å². The van der Waals surface area contributed by atoms with Crippen LogP contribution >= 0.6 is 11.6 Å². The molecule has 92 valence electrons. The first kappa shape index (κ1) is 11.7. The van der Waals surface area contributed by atoms with E-state index < -0.39 is 0 Å². The molecule has 0 aliphatic heterocycles. The van der Waals surface area contributed by atoms with Crippen molar-refractivity contribution in [2.45, 2.75) is 31.1 Å². The first-order chi connectivity index (χ1) is 8.83. The monoisotopic (exact) mass is 257 g/mol. The van der Waals surface area contributed by atoms with Gasteiger partial charge in [0.05, 0.1) is 5.38 Å². The van der Waals surface area contributed by atoms with Gasteiger partial charge < -0.3 is 0 Å². The number of fused-ring (bicyclic) bond motifs is 1. The van der Waals surface area contributed by atoms with Gasteiger partial charge in [0.1, 0.15) is 0 Å². The van der Waals surface area contributed by atoms with E-state index in [2.05, 4.69) is 23.2 Å². The van der Waals surface area contributed by atoms with Crippen molar-refractivity contribution in [3.05, 3.63) is 65.0 Å². The van der Waals surface area contributed by atoms with E-state index in [9.17, 15) is 0 Å². The quantitative estimate of drug-likeness (QED) is 0.755. The second-order valence-corrected chi connectivity index (χ2v) is 5.44. The molecule has 0 spiro atoms. The summed E-state index contributed by atoms with van der Waals surface area (Å²) in [5.41, 5.74) is 5.49. The summed E-state index contributed by atoms with van der Waals surface area (Å²) in [6.45, 7) is 0. The van der Waals surface area contributed by atoms with Gasteiger partial charge in [-0.25, -0.2) is 0 Å². The van der Waals surface area contributed by atoms with Crippen LogP contribution in [-0.2, 0) is 19.3 Å². The van der Waals surface area contributed by atoms with E-state index in [-0.39, 0.29) is 5.38 Å². The Morgan fingerprint density at radius 3 is 2.67 bits per heavy atom. The highest BCUT2D eigenvalue weighted by Crippen LogP contribution is 2.30. The van der Waals surface area contributed by atoms with Crippen molar-refractivity contribution < 1.29 is 0 Å². The molecule has 2 heteroatoms. The minimum Gasteiger partial charge on any atom is -0.265 e. The lowest BCUT2D eigenvalue weighted by molar-refractivity contribution is 0.904. The van der Waals surface area contributed by atoms with Crippen LogP contribution in [0.4, 0.5) is 0 Å². The van der Waals surface area contributed by atoms with Crippen LogP contribution in [0.2, 0.25) is 0 Å². The van der Waals surface area contributed by atoms with E-state index in [0.29, 0.717) is 0 Å². The lowest BCUT2D eigenvalue weighted by Gasteiger charge is -2.11. The Kier molecular flexibility index (Phi) is 3.33. The van der Waals surface area contributed by atoms with Crippen molar-refractivity contribution >= 4 is 11.6 Å². The van der Waals surface area contributed by atoms with Crippen LogP contribution in [0.3, 0.4) is 0 Å². The Morgan fingerprint density at radius 1 is 1.06 bits per heavy atom. The SMILES string of the molecule is ClC(Cc1ccncc1)c1ccc2c(c1)CCC2. The molecular formula is C16H16ClN. The molecule has 1 nitrogen and oxygen atoms in total. The number of aryl methyl sites for hydroxylation is 2. The Labute approximate surface area is 113 Å². The summed E-state index contributed by atoms with van der Waals surface area (Å²) in [5, 5.41) is 0.0540. The van der Waals surface area contributed by atoms with Crippen molar-refractivity contribution in [3.8, 4) is 0 Å². The van der Waals surface area contributed by atoms with Crippen molar-refractivity contribution in [2.75, 3.05) is 0 Å². The maximum Gasteiger partial charge on any atom is 0.0625 e. The summed E-state index contributed by atoms with van der Waals surface area (Å²) in [6.07, 6.45) is 8.23. The minimum absolute atomic E-state index is 0.0540. The minimum atomic E-state index is 0.0540. The first-order valence-corrected chi connectivity index (χ1v) is 6.91. The van der Waals surface area contributed by atoms with Crippen molar-refractivity contribution in [1.29, 1.82) is 0 Å². The second kappa shape index (κ2) is 5.11. The number of hydrogen-bond donors (Lipinski definition) is 0. The summed E-state index contributed by atoms with van der Waals surface area (Å²) in [5.74, 6) is 0. The third-order valence-corrected chi connectivity index (χ3v) is 4.05. The van der Waals surface area contributed by atoms with Gasteiger partial charge in [-0.1, -0.05) is 18.2 Å². The van der Waals surface area contributed by atoms with Crippen LogP contribution in [0.5, 0.6) is 0 Å². The van der Waals surface area contributed by atoms with Crippen molar-refractivity contribution in [2.24, 2.45) is 0 Å². The Balaban J connectivity index is 1.78. The van der Waals surface area contributed by atoms with Crippen molar-refractivity contribution in [3.63, 3.8) is 0 Å². The van der Waals surface area contributed by atoms with Gasteiger partial charge in [-0.3, -0.25) is 4.98 Å². The van der Waals surface area contributed by atoms with Gasteiger partial charge in [-0.05, 0) is 60.1 Å². The number of aromatic nitrogens is 1. The molecule has 1 atom stereocenters. The zero-order chi connectivity index (χ0) is 12.4. The normalized spacial score (nSPS) is 15.4. The number of rotatable bonds is 3. The highest BCUT2D eigenvalue weighted by Gasteiger charge is 2.14. The molecule has 0 fully saturated rings. The fourth-order valence-corrected chi connectivity index (χ4v) is 2.94. The molecular weight excluding hydrogens is 242 g/mol. The molecule has 0 saturated carbocycles. The topological polar surface area (TPSA) is 12.9 Å². The number of benzene rings is 1. The third-order valence-electron chi connectivity index (χ3n) is 3.65. The molecule has 18 heavy (non-hydrogen) atoms. The molecule has 1 aliphatic rings. The van der Waals surface area contributed by atoms with Gasteiger partial charge in [0.2, 0.25) is 0 Å². The average Bonchev–Trinajstić information content (AvgIpc) is 2.87. The molecule has 1 aromatic heterocycles. The predicted molar refractivity (Wildman–Crippen MR) is 75.0 cm³/mol. The molecule has 0 radical (unpaired) electrons. The van der Waals surface area contributed by atoms with Crippen LogP contribution in [0.15, 0.2) is 42.7 Å². The summed E-state index contributed by atoms with van der Waals surface area (Å²) in [4.78, 5) is 4.03. The standard InChI is InChI=1S/C16H16ClN/c17-16(10-12-6-8-18-9-7-12)15-5-4-13-2-1-3-14(13)11-15/h4-9,11,16H,1-3,10H2. The van der Waals surface area contributed by atoms with Crippen molar-refractivity contribution in [1.82, 2.24) is 4.98 Å². The predicted octanol–water partition coefficient (Wildman–Crippen LogP) is 4.09. The van der Waals surface area contributed by atoms with E-state index in [0.717, 1.165) is 6.42 Å². The first-order valence-electron chi connectivity index (χ1n) is 6.47.